The number of aryl methyl sites for hydroxylation is 2. The van der Waals surface area contributed by atoms with Gasteiger partial charge in [0.15, 0.2) is 0 Å². The van der Waals surface area contributed by atoms with Gasteiger partial charge < -0.3 is 5.73 Å². The molecule has 1 heterocycles. The molecule has 84 valence electrons. The summed E-state index contributed by atoms with van der Waals surface area (Å²) >= 11 is 0. The summed E-state index contributed by atoms with van der Waals surface area (Å²) in [7, 11) is 0. The number of hydrogen-bond acceptors (Lipinski definition) is 2. The highest BCUT2D eigenvalue weighted by molar-refractivity contribution is 5.89. The van der Waals surface area contributed by atoms with Crippen molar-refractivity contribution in [3.63, 3.8) is 0 Å². The normalized spacial score (nSPS) is 10.9. The molecule has 0 unspecified atom stereocenters. The monoisotopic (exact) mass is 218 g/mol. The zero-order valence-corrected chi connectivity index (χ0v) is 9.55. The molecule has 3 heteroatoms. The maximum Gasteiger partial charge on any atom is 0.127 e. The van der Waals surface area contributed by atoms with Crippen molar-refractivity contribution in [3.05, 3.63) is 35.3 Å². The van der Waals surface area contributed by atoms with Gasteiger partial charge in [0, 0.05) is 5.39 Å². The summed E-state index contributed by atoms with van der Waals surface area (Å²) in [5.41, 5.74) is 7.34. The highest BCUT2D eigenvalue weighted by Crippen LogP contribution is 2.26. The minimum absolute atomic E-state index is 0.156. The van der Waals surface area contributed by atoms with Crippen LogP contribution < -0.4 is 5.73 Å². The Morgan fingerprint density at radius 2 is 2.00 bits per heavy atom. The van der Waals surface area contributed by atoms with Crippen LogP contribution in [0.4, 0.5) is 10.2 Å². The Balaban J connectivity index is 2.89. The van der Waals surface area contributed by atoms with Crippen LogP contribution in [0.15, 0.2) is 18.2 Å². The number of nitrogens with two attached hydrogens (primary N) is 1. The first-order valence-corrected chi connectivity index (χ1v) is 5.53. The van der Waals surface area contributed by atoms with Crippen LogP contribution in [0, 0.1) is 5.82 Å². The second-order valence-corrected chi connectivity index (χ2v) is 3.82. The predicted molar refractivity (Wildman–Crippen MR) is 64.9 cm³/mol. The van der Waals surface area contributed by atoms with E-state index in [4.69, 9.17) is 5.73 Å². The third-order valence-electron chi connectivity index (χ3n) is 2.83. The number of nitrogen functional groups attached to an aromatic ring is 1. The number of aromatic nitrogens is 1. The number of benzene rings is 1. The van der Waals surface area contributed by atoms with E-state index >= 15 is 0 Å². The van der Waals surface area contributed by atoms with Crippen molar-refractivity contribution in [2.45, 2.75) is 26.7 Å². The summed E-state index contributed by atoms with van der Waals surface area (Å²) in [4.78, 5) is 4.28. The number of rotatable bonds is 2. The summed E-state index contributed by atoms with van der Waals surface area (Å²) in [6.45, 7) is 3.96. The summed E-state index contributed by atoms with van der Waals surface area (Å²) in [6.07, 6.45) is 1.43. The van der Waals surface area contributed by atoms with E-state index in [1.807, 2.05) is 13.8 Å². The van der Waals surface area contributed by atoms with Gasteiger partial charge in [0.1, 0.15) is 11.6 Å². The Bertz CT molecular complexity index is 535. The van der Waals surface area contributed by atoms with Gasteiger partial charge in [0.05, 0.1) is 5.69 Å². The standard InChI is InChI=1S/C13H15FN2/c1-3-9-10(14)6-5-8-7-12(15)16-11(4-2)13(8)9/h5-7H,3-4H2,1-2H3,(H2,15,16). The molecule has 0 aliphatic rings. The van der Waals surface area contributed by atoms with E-state index in [9.17, 15) is 4.39 Å². The number of hydrogen-bond donors (Lipinski definition) is 1. The lowest BCUT2D eigenvalue weighted by Gasteiger charge is -2.10. The van der Waals surface area contributed by atoms with Crippen molar-refractivity contribution in [1.82, 2.24) is 4.98 Å². The van der Waals surface area contributed by atoms with Crippen LogP contribution >= 0.6 is 0 Å². The fourth-order valence-electron chi connectivity index (χ4n) is 2.11. The van der Waals surface area contributed by atoms with Gasteiger partial charge in [-0.25, -0.2) is 9.37 Å². The summed E-state index contributed by atoms with van der Waals surface area (Å²) < 4.78 is 13.7. The number of fused-ring (bicyclic) bond motifs is 1. The fourth-order valence-corrected chi connectivity index (χ4v) is 2.11. The molecule has 2 N–H and O–H groups in total. The molecule has 0 aliphatic heterocycles. The van der Waals surface area contributed by atoms with Crippen molar-refractivity contribution >= 4 is 16.6 Å². The van der Waals surface area contributed by atoms with Crippen molar-refractivity contribution < 1.29 is 4.39 Å². The van der Waals surface area contributed by atoms with Crippen LogP contribution in [-0.2, 0) is 12.8 Å². The third kappa shape index (κ3) is 1.62. The smallest absolute Gasteiger partial charge is 0.127 e. The Morgan fingerprint density at radius 3 is 2.62 bits per heavy atom. The Labute approximate surface area is 94.3 Å². The number of pyridine rings is 1. The third-order valence-corrected chi connectivity index (χ3v) is 2.83. The zero-order chi connectivity index (χ0) is 11.7. The molecule has 16 heavy (non-hydrogen) atoms. The van der Waals surface area contributed by atoms with Crippen molar-refractivity contribution in [2.24, 2.45) is 0 Å². The van der Waals surface area contributed by atoms with E-state index in [1.165, 1.54) is 6.07 Å². The molecule has 0 radical (unpaired) electrons. The lowest BCUT2D eigenvalue weighted by atomic mass is 10.00. The van der Waals surface area contributed by atoms with E-state index in [2.05, 4.69) is 4.98 Å². The maximum atomic E-state index is 13.7. The highest BCUT2D eigenvalue weighted by Gasteiger charge is 2.11. The van der Waals surface area contributed by atoms with Crippen LogP contribution in [0.5, 0.6) is 0 Å². The van der Waals surface area contributed by atoms with Gasteiger partial charge in [0.2, 0.25) is 0 Å². The van der Waals surface area contributed by atoms with E-state index in [1.54, 1.807) is 12.1 Å². The minimum Gasteiger partial charge on any atom is -0.384 e. The summed E-state index contributed by atoms with van der Waals surface area (Å²) in [6, 6.07) is 5.06. The van der Waals surface area contributed by atoms with Crippen molar-refractivity contribution in [3.8, 4) is 0 Å². The molecule has 0 saturated heterocycles. The first kappa shape index (κ1) is 10.9. The Morgan fingerprint density at radius 1 is 1.25 bits per heavy atom. The van der Waals surface area contributed by atoms with E-state index in [0.717, 1.165) is 28.5 Å². The quantitative estimate of drug-likeness (QED) is 0.841. The van der Waals surface area contributed by atoms with Gasteiger partial charge in [0.25, 0.3) is 0 Å². The molecule has 0 amide bonds. The molecule has 0 atom stereocenters. The van der Waals surface area contributed by atoms with E-state index in [-0.39, 0.29) is 5.82 Å². The first-order chi connectivity index (χ1) is 7.67. The second kappa shape index (κ2) is 4.08. The molecular formula is C13H15FN2. The number of nitrogens with zero attached hydrogens (tertiary/aromatic N) is 1. The molecule has 0 aliphatic carbocycles. The lowest BCUT2D eigenvalue weighted by Crippen LogP contribution is -2.00. The molecule has 1 aromatic heterocycles. The topological polar surface area (TPSA) is 38.9 Å². The molecule has 2 aromatic rings. The van der Waals surface area contributed by atoms with Crippen LogP contribution in [-0.4, -0.2) is 4.98 Å². The first-order valence-electron chi connectivity index (χ1n) is 5.53. The van der Waals surface area contributed by atoms with Crippen molar-refractivity contribution in [1.29, 1.82) is 0 Å². The lowest BCUT2D eigenvalue weighted by molar-refractivity contribution is 0.615. The van der Waals surface area contributed by atoms with Gasteiger partial charge in [-0.2, -0.15) is 0 Å². The molecule has 0 spiro atoms. The van der Waals surface area contributed by atoms with Crippen molar-refractivity contribution in [2.75, 3.05) is 5.73 Å². The average Bonchev–Trinajstić information content (AvgIpc) is 2.28. The molecule has 0 bridgehead atoms. The predicted octanol–water partition coefficient (Wildman–Crippen LogP) is 3.08. The van der Waals surface area contributed by atoms with Crippen LogP contribution in [0.3, 0.4) is 0 Å². The highest BCUT2D eigenvalue weighted by atomic mass is 19.1. The van der Waals surface area contributed by atoms with Gasteiger partial charge in [-0.1, -0.05) is 19.9 Å². The molecular weight excluding hydrogens is 203 g/mol. The summed E-state index contributed by atoms with van der Waals surface area (Å²) in [5.74, 6) is 0.342. The molecule has 0 fully saturated rings. The zero-order valence-electron chi connectivity index (χ0n) is 9.55. The molecule has 1 aromatic carbocycles. The van der Waals surface area contributed by atoms with E-state index in [0.29, 0.717) is 12.2 Å². The molecule has 0 saturated carbocycles. The Kier molecular flexibility index (Phi) is 2.77. The van der Waals surface area contributed by atoms with E-state index < -0.39 is 0 Å². The van der Waals surface area contributed by atoms with Gasteiger partial charge in [-0.15, -0.1) is 0 Å². The summed E-state index contributed by atoms with van der Waals surface area (Å²) in [5, 5.41) is 1.90. The minimum atomic E-state index is -0.156. The van der Waals surface area contributed by atoms with Crippen LogP contribution in [0.25, 0.3) is 10.8 Å². The van der Waals surface area contributed by atoms with Crippen LogP contribution in [0.2, 0.25) is 0 Å². The number of anilines is 1. The fraction of sp³-hybridized carbons (Fsp3) is 0.308. The largest absolute Gasteiger partial charge is 0.384 e. The van der Waals surface area contributed by atoms with Gasteiger partial charge >= 0.3 is 0 Å². The maximum absolute atomic E-state index is 13.7. The second-order valence-electron chi connectivity index (χ2n) is 3.82. The van der Waals surface area contributed by atoms with Crippen LogP contribution in [0.1, 0.15) is 25.1 Å². The SMILES string of the molecule is CCc1nc(N)cc2ccc(F)c(CC)c12. The molecule has 2 nitrogen and oxygen atoms in total. The average molecular weight is 218 g/mol. The van der Waals surface area contributed by atoms with Gasteiger partial charge in [-0.05, 0) is 35.9 Å². The molecule has 2 rings (SSSR count). The van der Waals surface area contributed by atoms with Gasteiger partial charge in [-0.3, -0.25) is 0 Å². The number of halogens is 1. The Hall–Kier alpha value is -1.64.